The third kappa shape index (κ3) is 5.69. The zero-order valence-corrected chi connectivity index (χ0v) is 16.2. The first kappa shape index (κ1) is 19.2. The lowest BCUT2D eigenvalue weighted by molar-refractivity contribution is 0.0953. The number of benzene rings is 1. The fraction of sp³-hybridized carbons (Fsp3) is 0.429. The zero-order chi connectivity index (χ0) is 19.1. The lowest BCUT2D eigenvalue weighted by Crippen LogP contribution is -2.44. The van der Waals surface area contributed by atoms with E-state index in [-0.39, 0.29) is 5.91 Å². The third-order valence-electron chi connectivity index (χ3n) is 4.85. The second-order valence-corrected chi connectivity index (χ2v) is 7.09. The van der Waals surface area contributed by atoms with Crippen LogP contribution in [0.15, 0.2) is 42.6 Å². The van der Waals surface area contributed by atoms with Gasteiger partial charge < -0.3 is 20.4 Å². The second-order valence-electron chi connectivity index (χ2n) is 7.09. The number of hydrogen-bond donors (Lipinski definition) is 2. The van der Waals surface area contributed by atoms with Crippen LogP contribution in [0.5, 0.6) is 0 Å². The molecule has 2 N–H and O–H groups in total. The summed E-state index contributed by atoms with van der Waals surface area (Å²) in [6.45, 7) is 7.65. The molecule has 27 heavy (non-hydrogen) atoms. The van der Waals surface area contributed by atoms with E-state index in [1.54, 1.807) is 0 Å². The van der Waals surface area contributed by atoms with Gasteiger partial charge in [-0.15, -0.1) is 0 Å². The van der Waals surface area contributed by atoms with Crippen LogP contribution in [-0.4, -0.2) is 62.1 Å². The number of nitrogens with zero attached hydrogens (tertiary/aromatic N) is 3. The van der Waals surface area contributed by atoms with Gasteiger partial charge in [-0.2, -0.15) is 0 Å². The Balaban J connectivity index is 1.38. The number of aromatic nitrogens is 1. The number of carbonyl (C=O) groups excluding carboxylic acids is 1. The van der Waals surface area contributed by atoms with Crippen molar-refractivity contribution in [3.05, 3.63) is 53.7 Å². The first-order chi connectivity index (χ1) is 13.1. The van der Waals surface area contributed by atoms with Crippen LogP contribution < -0.4 is 15.5 Å². The first-order valence-electron chi connectivity index (χ1n) is 9.60. The maximum Gasteiger partial charge on any atom is 0.251 e. The summed E-state index contributed by atoms with van der Waals surface area (Å²) < 4.78 is 0. The van der Waals surface area contributed by atoms with Gasteiger partial charge in [0.1, 0.15) is 5.82 Å². The molecule has 144 valence electrons. The number of rotatable bonds is 7. The summed E-state index contributed by atoms with van der Waals surface area (Å²) in [4.78, 5) is 21.3. The van der Waals surface area contributed by atoms with E-state index in [2.05, 4.69) is 32.5 Å². The summed E-state index contributed by atoms with van der Waals surface area (Å²) in [5.41, 5.74) is 3.04. The van der Waals surface area contributed by atoms with Crippen LogP contribution in [0.25, 0.3) is 0 Å². The van der Waals surface area contributed by atoms with Gasteiger partial charge in [-0.05, 0) is 56.3 Å². The Kier molecular flexibility index (Phi) is 6.65. The number of likely N-dealkylation sites (N-methyl/N-ethyl adjacent to an activating group) is 1. The smallest absolute Gasteiger partial charge is 0.251 e. The standard InChI is InChI=1S/C21H29N5O/c1-17-4-9-20(24-16-17)22-10-3-11-23-21(27)18-5-7-19(8-6-18)26-14-12-25(2)13-15-26/h4-9,16H,3,10-15H2,1-2H3,(H,22,24)(H,23,27). The minimum Gasteiger partial charge on any atom is -0.370 e. The van der Waals surface area contributed by atoms with E-state index in [1.807, 2.05) is 49.5 Å². The summed E-state index contributed by atoms with van der Waals surface area (Å²) in [7, 11) is 2.15. The quantitative estimate of drug-likeness (QED) is 0.736. The highest BCUT2D eigenvalue weighted by Gasteiger charge is 2.14. The van der Waals surface area contributed by atoms with E-state index in [0.29, 0.717) is 12.1 Å². The lowest BCUT2D eigenvalue weighted by atomic mass is 10.1. The zero-order valence-electron chi connectivity index (χ0n) is 16.2. The number of amides is 1. The number of hydrogen-bond acceptors (Lipinski definition) is 5. The van der Waals surface area contributed by atoms with Crippen molar-refractivity contribution in [2.45, 2.75) is 13.3 Å². The number of pyridine rings is 1. The molecular weight excluding hydrogens is 338 g/mol. The molecular formula is C21H29N5O. The van der Waals surface area contributed by atoms with Gasteiger partial charge >= 0.3 is 0 Å². The molecule has 2 heterocycles. The lowest BCUT2D eigenvalue weighted by Gasteiger charge is -2.34. The van der Waals surface area contributed by atoms with E-state index in [4.69, 9.17) is 0 Å². The van der Waals surface area contributed by atoms with Crippen molar-refractivity contribution in [3.8, 4) is 0 Å². The van der Waals surface area contributed by atoms with Gasteiger partial charge in [0.05, 0.1) is 0 Å². The molecule has 0 radical (unpaired) electrons. The molecule has 3 rings (SSSR count). The Bertz CT molecular complexity index is 721. The van der Waals surface area contributed by atoms with Gasteiger partial charge in [0, 0.05) is 56.7 Å². The maximum atomic E-state index is 12.3. The van der Waals surface area contributed by atoms with Crippen LogP contribution in [0, 0.1) is 6.92 Å². The van der Waals surface area contributed by atoms with Crippen molar-refractivity contribution in [2.75, 3.05) is 56.5 Å². The molecule has 1 saturated heterocycles. The monoisotopic (exact) mass is 367 g/mol. The predicted molar refractivity (Wildman–Crippen MR) is 111 cm³/mol. The minimum atomic E-state index is -0.0200. The van der Waals surface area contributed by atoms with Crippen LogP contribution in [0.3, 0.4) is 0 Å². The highest BCUT2D eigenvalue weighted by atomic mass is 16.1. The van der Waals surface area contributed by atoms with E-state index < -0.39 is 0 Å². The fourth-order valence-corrected chi connectivity index (χ4v) is 3.07. The molecule has 0 atom stereocenters. The van der Waals surface area contributed by atoms with Crippen LogP contribution in [0.2, 0.25) is 0 Å². The number of piperazine rings is 1. The molecule has 6 nitrogen and oxygen atoms in total. The van der Waals surface area contributed by atoms with Crippen molar-refractivity contribution < 1.29 is 4.79 Å². The van der Waals surface area contributed by atoms with E-state index >= 15 is 0 Å². The molecule has 1 aromatic carbocycles. The van der Waals surface area contributed by atoms with Gasteiger partial charge in [0.15, 0.2) is 0 Å². The van der Waals surface area contributed by atoms with Gasteiger partial charge in [0.2, 0.25) is 0 Å². The van der Waals surface area contributed by atoms with Crippen molar-refractivity contribution in [2.24, 2.45) is 0 Å². The molecule has 1 amide bonds. The van der Waals surface area contributed by atoms with E-state index in [0.717, 1.165) is 50.5 Å². The first-order valence-corrected chi connectivity index (χ1v) is 9.60. The summed E-state index contributed by atoms with van der Waals surface area (Å²) in [5.74, 6) is 0.847. The molecule has 0 spiro atoms. The Morgan fingerprint density at radius 1 is 1.04 bits per heavy atom. The summed E-state index contributed by atoms with van der Waals surface area (Å²) in [5, 5.41) is 6.24. The Morgan fingerprint density at radius 3 is 2.44 bits per heavy atom. The summed E-state index contributed by atoms with van der Waals surface area (Å²) in [6, 6.07) is 11.9. The largest absolute Gasteiger partial charge is 0.370 e. The second kappa shape index (κ2) is 9.37. The molecule has 1 aromatic heterocycles. The van der Waals surface area contributed by atoms with Crippen molar-refractivity contribution in [1.82, 2.24) is 15.2 Å². The van der Waals surface area contributed by atoms with E-state index in [1.165, 1.54) is 5.69 Å². The minimum absolute atomic E-state index is 0.0200. The van der Waals surface area contributed by atoms with Crippen molar-refractivity contribution in [1.29, 1.82) is 0 Å². The highest BCUT2D eigenvalue weighted by molar-refractivity contribution is 5.94. The average Bonchev–Trinajstić information content (AvgIpc) is 2.70. The SMILES string of the molecule is Cc1ccc(NCCCNC(=O)c2ccc(N3CCN(C)CC3)cc2)nc1. The normalized spacial score (nSPS) is 14.8. The molecule has 1 aliphatic heterocycles. The molecule has 0 bridgehead atoms. The third-order valence-corrected chi connectivity index (χ3v) is 4.85. The van der Waals surface area contributed by atoms with Gasteiger partial charge in [0.25, 0.3) is 5.91 Å². The Hall–Kier alpha value is -2.60. The number of anilines is 2. The van der Waals surface area contributed by atoms with Crippen molar-refractivity contribution >= 4 is 17.4 Å². The van der Waals surface area contributed by atoms with Gasteiger partial charge in [-0.3, -0.25) is 4.79 Å². The highest BCUT2D eigenvalue weighted by Crippen LogP contribution is 2.17. The molecule has 0 saturated carbocycles. The molecule has 0 aliphatic carbocycles. The van der Waals surface area contributed by atoms with Crippen molar-refractivity contribution in [3.63, 3.8) is 0 Å². The number of nitrogens with one attached hydrogen (secondary N) is 2. The van der Waals surface area contributed by atoms with Crippen LogP contribution in [0.1, 0.15) is 22.3 Å². The Labute approximate surface area is 161 Å². The van der Waals surface area contributed by atoms with Crippen LogP contribution in [-0.2, 0) is 0 Å². The van der Waals surface area contributed by atoms with E-state index in [9.17, 15) is 4.79 Å². The van der Waals surface area contributed by atoms with Crippen LogP contribution in [0.4, 0.5) is 11.5 Å². The molecule has 6 heteroatoms. The molecule has 2 aromatic rings. The molecule has 0 unspecified atom stereocenters. The van der Waals surface area contributed by atoms with Gasteiger partial charge in [-0.1, -0.05) is 6.07 Å². The maximum absolute atomic E-state index is 12.3. The molecule has 1 fully saturated rings. The number of carbonyl (C=O) groups is 1. The predicted octanol–water partition coefficient (Wildman–Crippen LogP) is 2.37. The number of aryl methyl sites for hydroxylation is 1. The molecule has 1 aliphatic rings. The fourth-order valence-electron chi connectivity index (χ4n) is 3.07. The van der Waals surface area contributed by atoms with Gasteiger partial charge in [-0.25, -0.2) is 4.98 Å². The summed E-state index contributed by atoms with van der Waals surface area (Å²) >= 11 is 0. The van der Waals surface area contributed by atoms with Crippen LogP contribution >= 0.6 is 0 Å². The Morgan fingerprint density at radius 2 is 1.78 bits per heavy atom. The average molecular weight is 367 g/mol. The summed E-state index contributed by atoms with van der Waals surface area (Å²) in [6.07, 6.45) is 2.69. The topological polar surface area (TPSA) is 60.5 Å².